The van der Waals surface area contributed by atoms with Crippen molar-refractivity contribution in [2.24, 2.45) is 5.92 Å². The van der Waals surface area contributed by atoms with E-state index in [9.17, 15) is 9.59 Å². The van der Waals surface area contributed by atoms with Crippen molar-refractivity contribution < 1.29 is 9.53 Å². The molecule has 0 aromatic carbocycles. The van der Waals surface area contributed by atoms with Crippen LogP contribution in [0.3, 0.4) is 0 Å². The lowest BCUT2D eigenvalue weighted by Gasteiger charge is -2.37. The van der Waals surface area contributed by atoms with E-state index in [2.05, 4.69) is 10.6 Å². The number of carbonyl (C=O) groups excluding carboxylic acids is 1. The minimum absolute atomic E-state index is 0.0881. The van der Waals surface area contributed by atoms with E-state index in [-0.39, 0.29) is 17.9 Å². The first-order chi connectivity index (χ1) is 10.2. The molecule has 0 radical (unpaired) electrons. The molecule has 6 nitrogen and oxygen atoms in total. The summed E-state index contributed by atoms with van der Waals surface area (Å²) in [5.41, 5.74) is 1.36. The molecule has 6 heteroatoms. The van der Waals surface area contributed by atoms with Gasteiger partial charge in [0.15, 0.2) is 0 Å². The van der Waals surface area contributed by atoms with Gasteiger partial charge in [-0.25, -0.2) is 0 Å². The Morgan fingerprint density at radius 1 is 1.48 bits per heavy atom. The molecule has 2 atom stereocenters. The SMILES string of the molecule is COCCC(=O)Nc1ccc2n(c1=O)CC1CNCC2C1. The molecule has 114 valence electrons. The zero-order chi connectivity index (χ0) is 14.8. The highest BCUT2D eigenvalue weighted by atomic mass is 16.5. The van der Waals surface area contributed by atoms with Gasteiger partial charge >= 0.3 is 0 Å². The Morgan fingerprint density at radius 3 is 3.14 bits per heavy atom. The predicted molar refractivity (Wildman–Crippen MR) is 79.5 cm³/mol. The van der Waals surface area contributed by atoms with Crippen LogP contribution in [0.5, 0.6) is 0 Å². The summed E-state index contributed by atoms with van der Waals surface area (Å²) in [5, 5.41) is 6.11. The molecule has 0 spiro atoms. The molecule has 2 N–H and O–H groups in total. The molecule has 0 saturated carbocycles. The van der Waals surface area contributed by atoms with Gasteiger partial charge in [-0.3, -0.25) is 9.59 Å². The predicted octanol–water partition coefficient (Wildman–Crippen LogP) is 0.530. The largest absolute Gasteiger partial charge is 0.384 e. The Hall–Kier alpha value is -1.66. The Morgan fingerprint density at radius 2 is 2.33 bits per heavy atom. The second-order valence-electron chi connectivity index (χ2n) is 5.84. The van der Waals surface area contributed by atoms with Gasteiger partial charge in [0.25, 0.3) is 5.56 Å². The van der Waals surface area contributed by atoms with Crippen molar-refractivity contribution in [1.82, 2.24) is 9.88 Å². The molecule has 1 aromatic heterocycles. The molecule has 1 fully saturated rings. The number of fused-ring (bicyclic) bond motifs is 4. The lowest BCUT2D eigenvalue weighted by atomic mass is 9.84. The van der Waals surface area contributed by atoms with Crippen molar-refractivity contribution in [3.05, 3.63) is 28.2 Å². The van der Waals surface area contributed by atoms with Crippen LogP contribution in [0.25, 0.3) is 0 Å². The van der Waals surface area contributed by atoms with Crippen molar-refractivity contribution in [3.63, 3.8) is 0 Å². The van der Waals surface area contributed by atoms with Gasteiger partial charge in [-0.05, 0) is 31.0 Å². The molecule has 1 aromatic rings. The second-order valence-corrected chi connectivity index (χ2v) is 5.84. The first kappa shape index (κ1) is 14.3. The molecule has 3 heterocycles. The summed E-state index contributed by atoms with van der Waals surface area (Å²) in [6.07, 6.45) is 1.40. The van der Waals surface area contributed by atoms with E-state index in [1.807, 2.05) is 10.6 Å². The Labute approximate surface area is 123 Å². The van der Waals surface area contributed by atoms with Gasteiger partial charge in [-0.15, -0.1) is 0 Å². The smallest absolute Gasteiger partial charge is 0.274 e. The van der Waals surface area contributed by atoms with E-state index >= 15 is 0 Å². The number of hydrogen-bond donors (Lipinski definition) is 2. The zero-order valence-electron chi connectivity index (χ0n) is 12.2. The Kier molecular flexibility index (Phi) is 4.07. The average molecular weight is 291 g/mol. The maximum absolute atomic E-state index is 12.6. The van der Waals surface area contributed by atoms with Crippen molar-refractivity contribution in [3.8, 4) is 0 Å². The van der Waals surface area contributed by atoms with Crippen LogP contribution in [0.4, 0.5) is 5.69 Å². The summed E-state index contributed by atoms with van der Waals surface area (Å²) in [6, 6.07) is 3.70. The van der Waals surface area contributed by atoms with Crippen molar-refractivity contribution in [2.75, 3.05) is 32.1 Å². The van der Waals surface area contributed by atoms with E-state index < -0.39 is 0 Å². The number of ether oxygens (including phenoxy) is 1. The number of carbonyl (C=O) groups is 1. The summed E-state index contributed by atoms with van der Waals surface area (Å²) < 4.78 is 6.71. The first-order valence-corrected chi connectivity index (χ1v) is 7.42. The third-order valence-corrected chi connectivity index (χ3v) is 4.32. The summed E-state index contributed by atoms with van der Waals surface area (Å²) in [6.45, 7) is 2.98. The fourth-order valence-corrected chi connectivity index (χ4v) is 3.29. The lowest BCUT2D eigenvalue weighted by Crippen LogP contribution is -2.45. The highest BCUT2D eigenvalue weighted by Crippen LogP contribution is 2.32. The van der Waals surface area contributed by atoms with Crippen LogP contribution in [0.2, 0.25) is 0 Å². The zero-order valence-corrected chi connectivity index (χ0v) is 12.2. The molecular formula is C15H21N3O3. The van der Waals surface area contributed by atoms with E-state index in [1.165, 1.54) is 0 Å². The van der Waals surface area contributed by atoms with Gasteiger partial charge < -0.3 is 19.9 Å². The molecule has 1 saturated heterocycles. The number of hydrogen-bond acceptors (Lipinski definition) is 4. The lowest BCUT2D eigenvalue weighted by molar-refractivity contribution is -0.117. The number of anilines is 1. The number of piperidine rings is 1. The van der Waals surface area contributed by atoms with Gasteiger partial charge in [0.1, 0.15) is 5.69 Å². The minimum Gasteiger partial charge on any atom is -0.384 e. The topological polar surface area (TPSA) is 72.4 Å². The van der Waals surface area contributed by atoms with Crippen molar-refractivity contribution >= 4 is 11.6 Å². The van der Waals surface area contributed by atoms with Gasteiger partial charge in [-0.1, -0.05) is 0 Å². The number of nitrogens with one attached hydrogen (secondary N) is 2. The fourth-order valence-electron chi connectivity index (χ4n) is 3.29. The summed E-state index contributed by atoms with van der Waals surface area (Å²) >= 11 is 0. The van der Waals surface area contributed by atoms with Crippen LogP contribution in [0, 0.1) is 5.92 Å². The van der Waals surface area contributed by atoms with Crippen LogP contribution in [-0.4, -0.2) is 37.3 Å². The Balaban J connectivity index is 1.83. The Bertz CT molecular complexity index is 596. The number of methoxy groups -OCH3 is 1. The summed E-state index contributed by atoms with van der Waals surface area (Å²) in [7, 11) is 1.55. The normalized spacial score (nSPS) is 23.5. The monoisotopic (exact) mass is 291 g/mol. The van der Waals surface area contributed by atoms with Crippen LogP contribution in [0.15, 0.2) is 16.9 Å². The maximum atomic E-state index is 12.6. The molecule has 0 aliphatic carbocycles. The van der Waals surface area contributed by atoms with Crippen LogP contribution in [0.1, 0.15) is 24.5 Å². The summed E-state index contributed by atoms with van der Waals surface area (Å²) in [5.74, 6) is 0.726. The van der Waals surface area contributed by atoms with Gasteiger partial charge in [0.2, 0.25) is 5.91 Å². The van der Waals surface area contributed by atoms with E-state index in [4.69, 9.17) is 4.74 Å². The molecule has 3 rings (SSSR count). The second kappa shape index (κ2) is 5.99. The number of pyridine rings is 1. The number of nitrogens with zero attached hydrogens (tertiary/aromatic N) is 1. The molecule has 21 heavy (non-hydrogen) atoms. The number of aromatic nitrogens is 1. The van der Waals surface area contributed by atoms with Crippen molar-refractivity contribution in [2.45, 2.75) is 25.3 Å². The minimum atomic E-state index is -0.188. The third-order valence-electron chi connectivity index (χ3n) is 4.32. The molecule has 2 bridgehead atoms. The van der Waals surface area contributed by atoms with Crippen LogP contribution >= 0.6 is 0 Å². The fraction of sp³-hybridized carbons (Fsp3) is 0.600. The number of rotatable bonds is 4. The van der Waals surface area contributed by atoms with Crippen LogP contribution < -0.4 is 16.2 Å². The van der Waals surface area contributed by atoms with Crippen molar-refractivity contribution in [1.29, 1.82) is 0 Å². The molecular weight excluding hydrogens is 270 g/mol. The van der Waals surface area contributed by atoms with E-state index in [0.29, 0.717) is 24.1 Å². The standard InChI is InChI=1S/C15H21N3O3/c1-21-5-4-14(19)17-12-2-3-13-11-6-10(7-16-8-11)9-18(13)15(12)20/h2-3,10-11,16H,4-9H2,1H3,(H,17,19). The third kappa shape index (κ3) is 2.87. The van der Waals surface area contributed by atoms with Gasteiger partial charge in [0, 0.05) is 31.8 Å². The van der Waals surface area contributed by atoms with E-state index in [1.54, 1.807) is 13.2 Å². The summed E-state index contributed by atoms with van der Waals surface area (Å²) in [4.78, 5) is 24.3. The van der Waals surface area contributed by atoms with E-state index in [0.717, 1.165) is 31.7 Å². The first-order valence-electron chi connectivity index (χ1n) is 7.42. The quantitative estimate of drug-likeness (QED) is 0.849. The highest BCUT2D eigenvalue weighted by molar-refractivity contribution is 5.90. The highest BCUT2D eigenvalue weighted by Gasteiger charge is 2.31. The van der Waals surface area contributed by atoms with Crippen LogP contribution in [-0.2, 0) is 16.1 Å². The maximum Gasteiger partial charge on any atom is 0.274 e. The molecule has 2 aliphatic heterocycles. The number of amides is 1. The molecule has 2 aliphatic rings. The molecule has 2 unspecified atom stereocenters. The van der Waals surface area contributed by atoms with Gasteiger partial charge in [0.05, 0.1) is 13.0 Å². The van der Waals surface area contributed by atoms with Gasteiger partial charge in [-0.2, -0.15) is 0 Å². The average Bonchev–Trinajstić information content (AvgIpc) is 2.49. The molecule has 1 amide bonds.